The van der Waals surface area contributed by atoms with Crippen molar-refractivity contribution in [2.75, 3.05) is 11.5 Å². The molecular weight excluding hydrogens is 300 g/mol. The van der Waals surface area contributed by atoms with E-state index in [1.54, 1.807) is 0 Å². The van der Waals surface area contributed by atoms with Crippen molar-refractivity contribution in [3.63, 3.8) is 0 Å². The molecule has 0 amide bonds. The minimum atomic E-state index is -0.989. The second-order valence-corrected chi connectivity index (χ2v) is 7.78. The topological polar surface area (TPSA) is 41.8 Å². The van der Waals surface area contributed by atoms with Gasteiger partial charge in [0.2, 0.25) is 0 Å². The van der Waals surface area contributed by atoms with E-state index in [2.05, 4.69) is 10.2 Å². The van der Waals surface area contributed by atoms with Crippen LogP contribution >= 0.6 is 10.8 Å². The molecule has 2 aromatic rings. The summed E-state index contributed by atoms with van der Waals surface area (Å²) in [5.74, 6) is 1.04. The molecule has 0 bridgehead atoms. The summed E-state index contributed by atoms with van der Waals surface area (Å²) >= 11 is 0. The first kappa shape index (κ1) is 14.2. The standard InChI is InChI=1S/C16H14N2OS2/c19-21-12-16(14-9-5-2-6-10-14)18-17-15(11-20-21)13-7-3-1-4-8-13/h1-10H,11-12H2/b17-15+,18-16+. The first-order chi connectivity index (χ1) is 10.3. The van der Waals surface area contributed by atoms with Crippen molar-refractivity contribution in [3.8, 4) is 0 Å². The van der Waals surface area contributed by atoms with E-state index in [-0.39, 0.29) is 0 Å². The van der Waals surface area contributed by atoms with Crippen LogP contribution in [0, 0.1) is 0 Å². The predicted molar refractivity (Wildman–Crippen MR) is 91.4 cm³/mol. The molecule has 0 spiro atoms. The smallest absolute Gasteiger partial charge is 0.0869 e. The number of benzene rings is 2. The molecular formula is C16H14N2OS2. The number of hydrogen-bond donors (Lipinski definition) is 0. The van der Waals surface area contributed by atoms with E-state index < -0.39 is 9.83 Å². The summed E-state index contributed by atoms with van der Waals surface area (Å²) in [5, 5.41) is 8.75. The maximum Gasteiger partial charge on any atom is 0.0869 e. The zero-order chi connectivity index (χ0) is 14.5. The fourth-order valence-corrected chi connectivity index (χ4v) is 4.31. The van der Waals surface area contributed by atoms with Crippen molar-refractivity contribution in [1.29, 1.82) is 0 Å². The highest BCUT2D eigenvalue weighted by molar-refractivity contribution is 8.69. The number of rotatable bonds is 2. The van der Waals surface area contributed by atoms with Gasteiger partial charge in [0.1, 0.15) is 0 Å². The van der Waals surface area contributed by atoms with Gasteiger partial charge in [0.05, 0.1) is 32.8 Å². The molecule has 1 aliphatic heterocycles. The molecule has 1 aliphatic rings. The van der Waals surface area contributed by atoms with Gasteiger partial charge in [0.15, 0.2) is 0 Å². The Hall–Kier alpha value is -1.72. The second kappa shape index (κ2) is 6.83. The summed E-state index contributed by atoms with van der Waals surface area (Å²) in [7, 11) is 0.426. The molecule has 0 aliphatic carbocycles. The van der Waals surface area contributed by atoms with E-state index in [0.29, 0.717) is 11.5 Å². The molecule has 1 atom stereocenters. The molecule has 1 heterocycles. The molecule has 5 heteroatoms. The molecule has 3 rings (SSSR count). The third kappa shape index (κ3) is 3.68. The Morgan fingerprint density at radius 2 is 1.33 bits per heavy atom. The molecule has 3 nitrogen and oxygen atoms in total. The average Bonchev–Trinajstić information content (AvgIpc) is 2.53. The summed E-state index contributed by atoms with van der Waals surface area (Å²) in [6.07, 6.45) is 0. The quantitative estimate of drug-likeness (QED) is 0.798. The summed E-state index contributed by atoms with van der Waals surface area (Å²) in [6, 6.07) is 19.7. The Labute approximate surface area is 130 Å². The van der Waals surface area contributed by atoms with Gasteiger partial charge in [-0.05, 0) is 11.1 Å². The van der Waals surface area contributed by atoms with Gasteiger partial charge >= 0.3 is 0 Å². The highest BCUT2D eigenvalue weighted by Crippen LogP contribution is 2.17. The van der Waals surface area contributed by atoms with Crippen LogP contribution in [-0.2, 0) is 9.83 Å². The van der Waals surface area contributed by atoms with Crippen LogP contribution in [0.25, 0.3) is 0 Å². The van der Waals surface area contributed by atoms with Crippen molar-refractivity contribution in [2.24, 2.45) is 10.2 Å². The van der Waals surface area contributed by atoms with Gasteiger partial charge in [-0.25, -0.2) is 4.21 Å². The van der Waals surface area contributed by atoms with Crippen molar-refractivity contribution in [3.05, 3.63) is 71.8 Å². The molecule has 0 aromatic heterocycles. The van der Waals surface area contributed by atoms with Crippen LogP contribution in [-0.4, -0.2) is 27.1 Å². The normalized spacial score (nSPS) is 24.1. The Bertz CT molecular complexity index is 697. The van der Waals surface area contributed by atoms with Gasteiger partial charge in [0, 0.05) is 0 Å². The van der Waals surface area contributed by atoms with E-state index in [4.69, 9.17) is 0 Å². The summed E-state index contributed by atoms with van der Waals surface area (Å²) in [6.45, 7) is 0. The van der Waals surface area contributed by atoms with Crippen LogP contribution in [0.15, 0.2) is 70.9 Å². The molecule has 0 N–H and O–H groups in total. The highest BCUT2D eigenvalue weighted by atomic mass is 33.1. The predicted octanol–water partition coefficient (Wildman–Crippen LogP) is 3.29. The second-order valence-electron chi connectivity index (χ2n) is 4.54. The SMILES string of the molecule is O=S1C/C(c2ccccc2)=N\N=C(\c2ccccc2)CS1. The zero-order valence-electron chi connectivity index (χ0n) is 11.3. The van der Waals surface area contributed by atoms with Crippen LogP contribution in [0.1, 0.15) is 11.1 Å². The first-order valence-corrected chi connectivity index (χ1v) is 9.41. The molecule has 1 unspecified atom stereocenters. The first-order valence-electron chi connectivity index (χ1n) is 6.59. The van der Waals surface area contributed by atoms with Crippen molar-refractivity contribution < 1.29 is 4.21 Å². The van der Waals surface area contributed by atoms with E-state index in [0.717, 1.165) is 22.6 Å². The lowest BCUT2D eigenvalue weighted by Gasteiger charge is -2.10. The summed E-state index contributed by atoms with van der Waals surface area (Å²) in [5.41, 5.74) is 3.64. The average molecular weight is 314 g/mol. The van der Waals surface area contributed by atoms with Crippen molar-refractivity contribution in [2.45, 2.75) is 0 Å². The largest absolute Gasteiger partial charge is 0.248 e. The van der Waals surface area contributed by atoms with Gasteiger partial charge in [-0.3, -0.25) is 0 Å². The van der Waals surface area contributed by atoms with Crippen LogP contribution in [0.4, 0.5) is 0 Å². The highest BCUT2D eigenvalue weighted by Gasteiger charge is 2.15. The lowest BCUT2D eigenvalue weighted by atomic mass is 10.1. The van der Waals surface area contributed by atoms with E-state index in [1.807, 2.05) is 60.7 Å². The van der Waals surface area contributed by atoms with Crippen LogP contribution in [0.5, 0.6) is 0 Å². The lowest BCUT2D eigenvalue weighted by Crippen LogP contribution is -2.15. The molecule has 0 saturated heterocycles. The zero-order valence-corrected chi connectivity index (χ0v) is 12.9. The third-order valence-electron chi connectivity index (χ3n) is 3.09. The summed E-state index contributed by atoms with van der Waals surface area (Å²) in [4.78, 5) is 0. The maximum absolute atomic E-state index is 12.1. The van der Waals surface area contributed by atoms with Gasteiger partial charge < -0.3 is 0 Å². The molecule has 0 fully saturated rings. The minimum Gasteiger partial charge on any atom is -0.248 e. The molecule has 0 saturated carbocycles. The van der Waals surface area contributed by atoms with Crippen molar-refractivity contribution in [1.82, 2.24) is 0 Å². The van der Waals surface area contributed by atoms with E-state index >= 15 is 0 Å². The van der Waals surface area contributed by atoms with Gasteiger partial charge in [-0.2, -0.15) is 10.2 Å². The number of nitrogens with zero attached hydrogens (tertiary/aromatic N) is 2. The maximum atomic E-state index is 12.1. The molecule has 0 radical (unpaired) electrons. The fraction of sp³-hybridized carbons (Fsp3) is 0.125. The van der Waals surface area contributed by atoms with Crippen LogP contribution in [0.2, 0.25) is 0 Å². The molecule has 2 aromatic carbocycles. The monoisotopic (exact) mass is 314 g/mol. The Balaban J connectivity index is 1.99. The molecule has 21 heavy (non-hydrogen) atoms. The van der Waals surface area contributed by atoms with Crippen LogP contribution in [0.3, 0.4) is 0 Å². The lowest BCUT2D eigenvalue weighted by molar-refractivity contribution is 0.693. The van der Waals surface area contributed by atoms with Crippen molar-refractivity contribution >= 4 is 32.0 Å². The van der Waals surface area contributed by atoms with Gasteiger partial charge in [-0.15, -0.1) is 0 Å². The third-order valence-corrected chi connectivity index (χ3v) is 5.75. The van der Waals surface area contributed by atoms with Crippen LogP contribution < -0.4 is 0 Å². The summed E-state index contributed by atoms with van der Waals surface area (Å²) < 4.78 is 12.1. The minimum absolute atomic E-state index is 0.431. The Morgan fingerprint density at radius 1 is 0.810 bits per heavy atom. The van der Waals surface area contributed by atoms with E-state index in [9.17, 15) is 4.21 Å². The number of hydrogen-bond acceptors (Lipinski definition) is 4. The van der Waals surface area contributed by atoms with Gasteiger partial charge in [-0.1, -0.05) is 71.5 Å². The van der Waals surface area contributed by atoms with E-state index in [1.165, 1.54) is 10.8 Å². The Morgan fingerprint density at radius 3 is 1.95 bits per heavy atom. The fourth-order valence-electron chi connectivity index (χ4n) is 2.00. The Kier molecular flexibility index (Phi) is 4.62. The molecule has 106 valence electrons. The van der Waals surface area contributed by atoms with Gasteiger partial charge in [0.25, 0.3) is 0 Å².